The van der Waals surface area contributed by atoms with Crippen LogP contribution < -0.4 is 14.8 Å². The molecule has 0 radical (unpaired) electrons. The highest BCUT2D eigenvalue weighted by Crippen LogP contribution is 2.24. The molecule has 3 rings (SSSR count). The predicted octanol–water partition coefficient (Wildman–Crippen LogP) is 5.71. The van der Waals surface area contributed by atoms with Crippen molar-refractivity contribution in [1.82, 2.24) is 9.97 Å². The van der Waals surface area contributed by atoms with Crippen LogP contribution in [0.1, 0.15) is 47.9 Å². The lowest BCUT2D eigenvalue weighted by atomic mass is 10.2. The van der Waals surface area contributed by atoms with Gasteiger partial charge in [-0.2, -0.15) is 9.97 Å². The third-order valence-corrected chi connectivity index (χ3v) is 4.57. The van der Waals surface area contributed by atoms with E-state index in [4.69, 9.17) is 9.47 Å². The van der Waals surface area contributed by atoms with Gasteiger partial charge in [0.1, 0.15) is 11.5 Å². The lowest BCUT2D eigenvalue weighted by Gasteiger charge is -2.13. The average molecular weight is 405 g/mol. The Balaban J connectivity index is 1.64. The van der Waals surface area contributed by atoms with E-state index in [1.54, 1.807) is 12.1 Å². The van der Waals surface area contributed by atoms with Crippen LogP contribution in [0, 0.1) is 13.8 Å². The lowest BCUT2D eigenvalue weighted by molar-refractivity contribution is 0.102. The van der Waals surface area contributed by atoms with Crippen LogP contribution in [0.25, 0.3) is 0 Å². The van der Waals surface area contributed by atoms with Crippen molar-refractivity contribution < 1.29 is 14.3 Å². The topological polar surface area (TPSA) is 73.3 Å². The molecule has 6 nitrogen and oxygen atoms in total. The largest absolute Gasteiger partial charge is 0.494 e. The van der Waals surface area contributed by atoms with E-state index >= 15 is 0 Å². The fourth-order valence-electron chi connectivity index (χ4n) is 2.94. The number of para-hydroxylation sites is 1. The van der Waals surface area contributed by atoms with E-state index in [2.05, 4.69) is 22.2 Å². The van der Waals surface area contributed by atoms with Crippen molar-refractivity contribution >= 4 is 11.6 Å². The van der Waals surface area contributed by atoms with Gasteiger partial charge in [-0.1, -0.05) is 38.0 Å². The highest BCUT2D eigenvalue weighted by molar-refractivity contribution is 6.04. The van der Waals surface area contributed by atoms with Crippen LogP contribution in [0.2, 0.25) is 0 Å². The summed E-state index contributed by atoms with van der Waals surface area (Å²) < 4.78 is 11.4. The van der Waals surface area contributed by atoms with Crippen LogP contribution in [0.15, 0.2) is 54.6 Å². The highest BCUT2D eigenvalue weighted by atomic mass is 16.5. The smallest absolute Gasteiger partial charge is 0.322 e. The van der Waals surface area contributed by atoms with E-state index in [1.807, 2.05) is 56.3 Å². The second-order valence-electron chi connectivity index (χ2n) is 7.00. The van der Waals surface area contributed by atoms with Crippen LogP contribution in [0.5, 0.6) is 17.5 Å². The summed E-state index contributed by atoms with van der Waals surface area (Å²) >= 11 is 0. The Morgan fingerprint density at radius 3 is 2.20 bits per heavy atom. The maximum atomic E-state index is 12.7. The summed E-state index contributed by atoms with van der Waals surface area (Å²) in [5.41, 5.74) is 2.40. The Hall–Kier alpha value is -3.41. The number of unbranched alkanes of at least 4 members (excludes halogenated alkanes) is 2. The summed E-state index contributed by atoms with van der Waals surface area (Å²) in [6.45, 7) is 6.48. The molecule has 0 unspecified atom stereocenters. The third-order valence-electron chi connectivity index (χ3n) is 4.57. The second-order valence-corrected chi connectivity index (χ2v) is 7.00. The first-order chi connectivity index (χ1) is 14.6. The number of ether oxygens (including phenoxy) is 2. The molecule has 2 aromatic carbocycles. The molecule has 0 saturated heterocycles. The number of anilines is 1. The van der Waals surface area contributed by atoms with Gasteiger partial charge in [-0.3, -0.25) is 4.79 Å². The molecule has 0 atom stereocenters. The summed E-state index contributed by atoms with van der Waals surface area (Å²) in [6, 6.07) is 16.7. The van der Waals surface area contributed by atoms with E-state index in [9.17, 15) is 4.79 Å². The minimum Gasteiger partial charge on any atom is -0.494 e. The predicted molar refractivity (Wildman–Crippen MR) is 117 cm³/mol. The van der Waals surface area contributed by atoms with Gasteiger partial charge in [0.05, 0.1) is 23.7 Å². The van der Waals surface area contributed by atoms with Crippen molar-refractivity contribution in [2.75, 3.05) is 11.9 Å². The number of carbonyl (C=O) groups excluding carboxylic acids is 1. The second kappa shape index (κ2) is 10.4. The van der Waals surface area contributed by atoms with Gasteiger partial charge in [-0.25, -0.2) is 0 Å². The van der Waals surface area contributed by atoms with Gasteiger partial charge in [0.15, 0.2) is 0 Å². The molecule has 30 heavy (non-hydrogen) atoms. The van der Waals surface area contributed by atoms with E-state index in [0.29, 0.717) is 35.0 Å². The fraction of sp³-hybridized carbons (Fsp3) is 0.292. The molecule has 1 aromatic heterocycles. The van der Waals surface area contributed by atoms with Gasteiger partial charge in [-0.15, -0.1) is 0 Å². The average Bonchev–Trinajstić information content (AvgIpc) is 2.75. The zero-order chi connectivity index (χ0) is 21.3. The molecule has 0 fully saturated rings. The minimum atomic E-state index is -0.223. The van der Waals surface area contributed by atoms with E-state index in [0.717, 1.165) is 25.0 Å². The molecule has 1 N–H and O–H groups in total. The van der Waals surface area contributed by atoms with E-state index in [1.165, 1.54) is 0 Å². The molecule has 156 valence electrons. The van der Waals surface area contributed by atoms with Crippen molar-refractivity contribution in [1.29, 1.82) is 0 Å². The number of hydrogen-bond donors (Lipinski definition) is 1. The Morgan fingerprint density at radius 1 is 0.900 bits per heavy atom. The van der Waals surface area contributed by atoms with Gasteiger partial charge in [-0.05, 0) is 56.7 Å². The zero-order valence-corrected chi connectivity index (χ0v) is 17.6. The van der Waals surface area contributed by atoms with E-state index < -0.39 is 0 Å². The normalized spacial score (nSPS) is 10.5. The number of nitrogens with zero attached hydrogens (tertiary/aromatic N) is 2. The first kappa shape index (κ1) is 21.3. The van der Waals surface area contributed by atoms with Crippen LogP contribution in [-0.4, -0.2) is 22.5 Å². The minimum absolute atomic E-state index is 0.223. The fourth-order valence-corrected chi connectivity index (χ4v) is 2.94. The van der Waals surface area contributed by atoms with E-state index in [-0.39, 0.29) is 11.9 Å². The molecular formula is C24H27N3O3. The highest BCUT2D eigenvalue weighted by Gasteiger charge is 2.14. The quantitative estimate of drug-likeness (QED) is 0.462. The van der Waals surface area contributed by atoms with Crippen molar-refractivity contribution in [3.05, 3.63) is 71.5 Å². The van der Waals surface area contributed by atoms with Gasteiger partial charge < -0.3 is 14.8 Å². The van der Waals surface area contributed by atoms with Crippen LogP contribution in [-0.2, 0) is 0 Å². The number of rotatable bonds is 9. The molecule has 0 spiro atoms. The summed E-state index contributed by atoms with van der Waals surface area (Å²) in [5, 5.41) is 2.90. The summed E-state index contributed by atoms with van der Waals surface area (Å²) in [7, 11) is 0. The zero-order valence-electron chi connectivity index (χ0n) is 17.6. The Kier molecular flexibility index (Phi) is 7.38. The summed E-state index contributed by atoms with van der Waals surface area (Å²) in [6.07, 6.45) is 3.34. The van der Waals surface area contributed by atoms with Crippen LogP contribution >= 0.6 is 0 Å². The SMILES string of the molecule is CCCCCOc1ccc(C(=O)Nc2c(C)nc(Oc3ccccc3)nc2C)cc1. The summed E-state index contributed by atoms with van der Waals surface area (Å²) in [5.74, 6) is 1.20. The first-order valence-electron chi connectivity index (χ1n) is 10.2. The van der Waals surface area contributed by atoms with Crippen molar-refractivity contribution in [2.45, 2.75) is 40.0 Å². The number of aromatic nitrogens is 2. The van der Waals surface area contributed by atoms with Gasteiger partial charge in [0.25, 0.3) is 5.91 Å². The number of aryl methyl sites for hydroxylation is 2. The van der Waals surface area contributed by atoms with Crippen LogP contribution in [0.4, 0.5) is 5.69 Å². The third kappa shape index (κ3) is 5.80. The number of carbonyl (C=O) groups is 1. The van der Waals surface area contributed by atoms with Crippen molar-refractivity contribution in [3.8, 4) is 17.5 Å². The number of amides is 1. The maximum absolute atomic E-state index is 12.7. The molecule has 1 heterocycles. The number of nitrogens with one attached hydrogen (secondary N) is 1. The molecule has 0 aliphatic carbocycles. The first-order valence-corrected chi connectivity index (χ1v) is 10.2. The Morgan fingerprint density at radius 2 is 1.57 bits per heavy atom. The molecule has 0 aliphatic rings. The molecular weight excluding hydrogens is 378 g/mol. The molecule has 0 bridgehead atoms. The lowest BCUT2D eigenvalue weighted by Crippen LogP contribution is -2.15. The maximum Gasteiger partial charge on any atom is 0.322 e. The van der Waals surface area contributed by atoms with Crippen molar-refractivity contribution in [2.24, 2.45) is 0 Å². The number of hydrogen-bond acceptors (Lipinski definition) is 5. The van der Waals surface area contributed by atoms with Gasteiger partial charge in [0, 0.05) is 5.56 Å². The van der Waals surface area contributed by atoms with Crippen molar-refractivity contribution in [3.63, 3.8) is 0 Å². The molecule has 1 amide bonds. The molecule has 0 saturated carbocycles. The molecule has 0 aliphatic heterocycles. The Bertz CT molecular complexity index is 950. The van der Waals surface area contributed by atoms with Crippen LogP contribution in [0.3, 0.4) is 0 Å². The van der Waals surface area contributed by atoms with Gasteiger partial charge in [0.2, 0.25) is 0 Å². The standard InChI is InChI=1S/C24H27N3O3/c1-4-5-9-16-29-20-14-12-19(13-15-20)23(28)27-22-17(2)25-24(26-18(22)3)30-21-10-7-6-8-11-21/h6-8,10-15H,4-5,9,16H2,1-3H3,(H,27,28). The molecule has 6 heteroatoms. The molecule has 3 aromatic rings. The van der Waals surface area contributed by atoms with Gasteiger partial charge >= 0.3 is 6.01 Å². The monoisotopic (exact) mass is 405 g/mol. The Labute approximate surface area is 177 Å². The summed E-state index contributed by atoms with van der Waals surface area (Å²) in [4.78, 5) is 21.4. The number of benzene rings is 2.